The lowest BCUT2D eigenvalue weighted by Gasteiger charge is -2.07. The first-order valence-electron chi connectivity index (χ1n) is 5.33. The molecule has 0 rings (SSSR count). The second-order valence-corrected chi connectivity index (χ2v) is 3.35. The number of alkyl halides is 1. The van der Waals surface area contributed by atoms with E-state index in [1.807, 2.05) is 12.2 Å². The van der Waals surface area contributed by atoms with Crippen LogP contribution in [0.25, 0.3) is 0 Å². The highest BCUT2D eigenvalue weighted by molar-refractivity contribution is 5.31. The third-order valence-corrected chi connectivity index (χ3v) is 2.25. The molecule has 0 aliphatic rings. The normalized spacial score (nSPS) is 12.1. The van der Waals surface area contributed by atoms with E-state index in [0.717, 1.165) is 25.7 Å². The summed E-state index contributed by atoms with van der Waals surface area (Å²) in [7, 11) is 0. The molecule has 0 unspecified atom stereocenters. The first kappa shape index (κ1) is 13.2. The molecule has 0 saturated carbocycles. The Morgan fingerprint density at radius 1 is 1.07 bits per heavy atom. The highest BCUT2D eigenvalue weighted by Gasteiger charge is 1.99. The zero-order chi connectivity index (χ0) is 10.8. The zero-order valence-electron chi connectivity index (χ0n) is 9.19. The molecular formula is C13H21F. The summed E-state index contributed by atoms with van der Waals surface area (Å²) in [6.45, 7) is 9.51. The van der Waals surface area contributed by atoms with E-state index in [4.69, 9.17) is 0 Å². The predicted molar refractivity (Wildman–Crippen MR) is 62.2 cm³/mol. The fourth-order valence-electron chi connectivity index (χ4n) is 1.47. The van der Waals surface area contributed by atoms with Gasteiger partial charge in [-0.1, -0.05) is 38.7 Å². The monoisotopic (exact) mass is 196 g/mol. The van der Waals surface area contributed by atoms with Crippen molar-refractivity contribution >= 4 is 0 Å². The first-order chi connectivity index (χ1) is 6.79. The van der Waals surface area contributed by atoms with Gasteiger partial charge in [0.1, 0.15) is 0 Å². The molecule has 0 spiro atoms. The Hall–Kier alpha value is -0.850. The number of hydrogen-bond donors (Lipinski definition) is 0. The van der Waals surface area contributed by atoms with Crippen molar-refractivity contribution in [1.82, 2.24) is 0 Å². The summed E-state index contributed by atoms with van der Waals surface area (Å²) in [5.74, 6) is 0. The Balaban J connectivity index is 4.29. The van der Waals surface area contributed by atoms with Crippen molar-refractivity contribution < 1.29 is 4.39 Å². The van der Waals surface area contributed by atoms with Gasteiger partial charge in [-0.2, -0.15) is 0 Å². The van der Waals surface area contributed by atoms with Gasteiger partial charge in [0.15, 0.2) is 0 Å². The average molecular weight is 196 g/mol. The maximum Gasteiger partial charge on any atom is 0.0894 e. The van der Waals surface area contributed by atoms with E-state index in [-0.39, 0.29) is 6.67 Å². The molecule has 1 heteroatoms. The van der Waals surface area contributed by atoms with Gasteiger partial charge in [-0.25, -0.2) is 0 Å². The molecule has 14 heavy (non-hydrogen) atoms. The first-order valence-corrected chi connectivity index (χ1v) is 5.33. The molecule has 0 saturated heterocycles. The van der Waals surface area contributed by atoms with E-state index in [1.54, 1.807) is 0 Å². The summed E-state index contributed by atoms with van der Waals surface area (Å²) in [5.41, 5.74) is 2.50. The zero-order valence-corrected chi connectivity index (χ0v) is 9.19. The number of allylic oxidation sites excluding steroid dienone is 4. The minimum absolute atomic E-state index is 0.221. The highest BCUT2D eigenvalue weighted by atomic mass is 19.1. The van der Waals surface area contributed by atoms with Crippen LogP contribution >= 0.6 is 0 Å². The van der Waals surface area contributed by atoms with Crippen molar-refractivity contribution in [3.05, 3.63) is 36.5 Å². The van der Waals surface area contributed by atoms with Crippen LogP contribution in [-0.2, 0) is 0 Å². The van der Waals surface area contributed by atoms with Crippen LogP contribution in [0.4, 0.5) is 4.39 Å². The van der Waals surface area contributed by atoms with Crippen LogP contribution in [0.2, 0.25) is 0 Å². The molecule has 0 atom stereocenters. The van der Waals surface area contributed by atoms with Crippen LogP contribution in [0.3, 0.4) is 0 Å². The van der Waals surface area contributed by atoms with Gasteiger partial charge in [-0.15, -0.1) is 0 Å². The van der Waals surface area contributed by atoms with Gasteiger partial charge in [-0.3, -0.25) is 4.39 Å². The molecule has 0 fully saturated rings. The number of rotatable bonds is 8. The quantitative estimate of drug-likeness (QED) is 0.393. The van der Waals surface area contributed by atoms with Crippen LogP contribution in [0.1, 0.15) is 39.0 Å². The molecule has 0 nitrogen and oxygen atoms in total. The van der Waals surface area contributed by atoms with Crippen LogP contribution in [0, 0.1) is 0 Å². The lowest BCUT2D eigenvalue weighted by atomic mass is 9.99. The van der Waals surface area contributed by atoms with Gasteiger partial charge >= 0.3 is 0 Å². The van der Waals surface area contributed by atoms with Gasteiger partial charge in [0, 0.05) is 0 Å². The van der Waals surface area contributed by atoms with Crippen molar-refractivity contribution in [2.24, 2.45) is 0 Å². The van der Waals surface area contributed by atoms with E-state index >= 15 is 0 Å². The SMILES string of the molecule is C=C/C(CCC)=C(\C=C)CCCCF. The summed E-state index contributed by atoms with van der Waals surface area (Å²) < 4.78 is 11.9. The van der Waals surface area contributed by atoms with E-state index < -0.39 is 0 Å². The third kappa shape index (κ3) is 5.00. The topological polar surface area (TPSA) is 0 Å². The fraction of sp³-hybridized carbons (Fsp3) is 0.538. The molecule has 80 valence electrons. The van der Waals surface area contributed by atoms with Gasteiger partial charge in [0.05, 0.1) is 6.67 Å². The fourth-order valence-corrected chi connectivity index (χ4v) is 1.47. The lowest BCUT2D eigenvalue weighted by molar-refractivity contribution is 0.462. The summed E-state index contributed by atoms with van der Waals surface area (Å²) in [6.07, 6.45) is 8.41. The van der Waals surface area contributed by atoms with E-state index in [2.05, 4.69) is 20.1 Å². The Morgan fingerprint density at radius 2 is 1.64 bits per heavy atom. The van der Waals surface area contributed by atoms with E-state index in [1.165, 1.54) is 11.1 Å². The third-order valence-electron chi connectivity index (χ3n) is 2.25. The molecule has 0 aromatic heterocycles. The van der Waals surface area contributed by atoms with Crippen LogP contribution < -0.4 is 0 Å². The largest absolute Gasteiger partial charge is 0.251 e. The summed E-state index contributed by atoms with van der Waals surface area (Å²) in [6, 6.07) is 0. The minimum atomic E-state index is -0.221. The number of halogens is 1. The van der Waals surface area contributed by atoms with Crippen LogP contribution in [0.15, 0.2) is 36.5 Å². The number of unbranched alkanes of at least 4 members (excludes halogenated alkanes) is 1. The van der Waals surface area contributed by atoms with Crippen molar-refractivity contribution in [3.8, 4) is 0 Å². The Kier molecular flexibility index (Phi) is 8.20. The van der Waals surface area contributed by atoms with Crippen molar-refractivity contribution in [2.75, 3.05) is 6.67 Å². The van der Waals surface area contributed by atoms with E-state index in [9.17, 15) is 4.39 Å². The van der Waals surface area contributed by atoms with Crippen molar-refractivity contribution in [3.63, 3.8) is 0 Å². The molecular weight excluding hydrogens is 175 g/mol. The van der Waals surface area contributed by atoms with Crippen LogP contribution in [-0.4, -0.2) is 6.67 Å². The molecule has 0 aromatic rings. The van der Waals surface area contributed by atoms with Gasteiger partial charge < -0.3 is 0 Å². The molecule has 0 N–H and O–H groups in total. The standard InChI is InChI=1S/C13H21F/c1-4-9-12(5-2)13(6-3)10-7-8-11-14/h5-6H,2-4,7-11H2,1H3/b13-12-. The highest BCUT2D eigenvalue weighted by Crippen LogP contribution is 2.18. The second kappa shape index (κ2) is 8.74. The average Bonchev–Trinajstić information content (AvgIpc) is 2.22. The summed E-state index contributed by atoms with van der Waals surface area (Å²) in [4.78, 5) is 0. The minimum Gasteiger partial charge on any atom is -0.251 e. The smallest absolute Gasteiger partial charge is 0.0894 e. The Bertz CT molecular complexity index is 201. The Morgan fingerprint density at radius 3 is 2.07 bits per heavy atom. The van der Waals surface area contributed by atoms with Gasteiger partial charge in [-0.05, 0) is 36.8 Å². The summed E-state index contributed by atoms with van der Waals surface area (Å²) >= 11 is 0. The van der Waals surface area contributed by atoms with Crippen molar-refractivity contribution in [1.29, 1.82) is 0 Å². The molecule has 0 radical (unpaired) electrons. The summed E-state index contributed by atoms with van der Waals surface area (Å²) in [5, 5.41) is 0. The molecule has 0 amide bonds. The molecule has 0 aromatic carbocycles. The van der Waals surface area contributed by atoms with Gasteiger partial charge in [0.2, 0.25) is 0 Å². The maximum atomic E-state index is 11.9. The molecule has 0 aliphatic carbocycles. The predicted octanol–water partition coefficient (Wildman–Crippen LogP) is 4.59. The number of hydrogen-bond acceptors (Lipinski definition) is 0. The van der Waals surface area contributed by atoms with Crippen LogP contribution in [0.5, 0.6) is 0 Å². The maximum absolute atomic E-state index is 11.9. The Labute approximate surface area is 87.2 Å². The van der Waals surface area contributed by atoms with Gasteiger partial charge in [0.25, 0.3) is 0 Å². The lowest BCUT2D eigenvalue weighted by Crippen LogP contribution is -1.89. The molecule has 0 bridgehead atoms. The molecule has 0 heterocycles. The van der Waals surface area contributed by atoms with Crippen molar-refractivity contribution in [2.45, 2.75) is 39.0 Å². The molecule has 0 aliphatic heterocycles. The second-order valence-electron chi connectivity index (χ2n) is 3.35. The van der Waals surface area contributed by atoms with E-state index in [0.29, 0.717) is 6.42 Å².